The van der Waals surface area contributed by atoms with Gasteiger partial charge in [0.25, 0.3) is 5.91 Å². The maximum Gasteiger partial charge on any atom is 0.276 e. The molecule has 1 fully saturated rings. The number of aromatic amines is 1. The third kappa shape index (κ3) is 2.86. The number of carbonyl (C=O) groups excluding carboxylic acids is 2. The summed E-state index contributed by atoms with van der Waals surface area (Å²) in [7, 11) is 0. The van der Waals surface area contributed by atoms with E-state index in [0.29, 0.717) is 18.7 Å². The Bertz CT molecular complexity index is 552. The van der Waals surface area contributed by atoms with Gasteiger partial charge in [-0.15, -0.1) is 0 Å². The minimum absolute atomic E-state index is 0.0479. The van der Waals surface area contributed by atoms with E-state index in [9.17, 15) is 9.59 Å². The normalized spacial score (nSPS) is 22.6. The van der Waals surface area contributed by atoms with E-state index in [2.05, 4.69) is 10.2 Å². The van der Waals surface area contributed by atoms with Crippen LogP contribution in [0.2, 0.25) is 0 Å². The van der Waals surface area contributed by atoms with Gasteiger partial charge in [-0.1, -0.05) is 13.8 Å². The number of primary amides is 1. The van der Waals surface area contributed by atoms with Gasteiger partial charge in [0.05, 0.1) is 17.3 Å². The lowest BCUT2D eigenvalue weighted by atomic mass is 9.92. The number of nitrogens with two attached hydrogens (primary N) is 2. The number of carbonyl (C=O) groups is 2. The van der Waals surface area contributed by atoms with Crippen LogP contribution in [0.5, 0.6) is 0 Å². The molecule has 5 N–H and O–H groups in total. The average molecular weight is 293 g/mol. The molecule has 7 nitrogen and oxygen atoms in total. The molecule has 0 aliphatic carbocycles. The summed E-state index contributed by atoms with van der Waals surface area (Å²) < 4.78 is 0. The summed E-state index contributed by atoms with van der Waals surface area (Å²) in [4.78, 5) is 25.7. The zero-order valence-electron chi connectivity index (χ0n) is 12.7. The van der Waals surface area contributed by atoms with E-state index in [1.165, 1.54) is 0 Å². The molecule has 1 aliphatic rings. The summed E-state index contributed by atoms with van der Waals surface area (Å²) in [6.07, 6.45) is 1.47. The zero-order chi connectivity index (χ0) is 15.7. The second kappa shape index (κ2) is 5.75. The number of nitrogens with one attached hydrogen (secondary N) is 1. The molecule has 0 aromatic carbocycles. The predicted molar refractivity (Wildman–Crippen MR) is 79.5 cm³/mol. The molecule has 2 rings (SSSR count). The number of H-pyrrole nitrogens is 1. The number of likely N-dealkylation sites (tertiary alicyclic amines) is 1. The number of amides is 2. The van der Waals surface area contributed by atoms with Crippen LogP contribution in [0.3, 0.4) is 0 Å². The fourth-order valence-electron chi connectivity index (χ4n) is 2.73. The van der Waals surface area contributed by atoms with Crippen molar-refractivity contribution in [1.29, 1.82) is 0 Å². The van der Waals surface area contributed by atoms with E-state index >= 15 is 0 Å². The van der Waals surface area contributed by atoms with E-state index in [0.717, 1.165) is 12.1 Å². The Kier molecular flexibility index (Phi) is 4.20. The maximum atomic E-state index is 12.6. The van der Waals surface area contributed by atoms with Gasteiger partial charge in [-0.3, -0.25) is 14.7 Å². The molecule has 2 atom stereocenters. The number of anilines is 1. The minimum atomic E-state index is -0.363. The molecule has 1 aromatic heterocycles. The lowest BCUT2D eigenvalue weighted by Gasteiger charge is -2.36. The van der Waals surface area contributed by atoms with Crippen molar-refractivity contribution in [3.8, 4) is 0 Å². The van der Waals surface area contributed by atoms with E-state index in [-0.39, 0.29) is 35.4 Å². The van der Waals surface area contributed by atoms with Gasteiger partial charge in [0, 0.05) is 12.6 Å². The van der Waals surface area contributed by atoms with E-state index < -0.39 is 0 Å². The Hall–Kier alpha value is -2.05. The average Bonchev–Trinajstić information content (AvgIpc) is 2.80. The van der Waals surface area contributed by atoms with Gasteiger partial charge in [0.1, 0.15) is 0 Å². The molecule has 0 spiro atoms. The quantitative estimate of drug-likeness (QED) is 0.765. The molecule has 0 saturated carbocycles. The first-order valence-corrected chi connectivity index (χ1v) is 7.26. The molecule has 2 amide bonds. The largest absolute Gasteiger partial charge is 0.395 e. The summed E-state index contributed by atoms with van der Waals surface area (Å²) in [6, 6.07) is 0.0479. The second-order valence-corrected chi connectivity index (χ2v) is 6.04. The standard InChI is InChI=1S/C14H23N5O2/c1-7(2)11-10(15)12(18-17-11)14(21)19-6-9(13(16)20)5-4-8(19)3/h7-9H,4-6,15H2,1-3H3,(H2,16,20)(H,17,18). The SMILES string of the molecule is CC(C)c1[nH]nc(C(=O)N2CC(C(N)=O)CCC2C)c1N. The van der Waals surface area contributed by atoms with Crippen molar-refractivity contribution in [3.05, 3.63) is 11.4 Å². The topological polar surface area (TPSA) is 118 Å². The van der Waals surface area contributed by atoms with Gasteiger partial charge < -0.3 is 16.4 Å². The minimum Gasteiger partial charge on any atom is -0.395 e. The van der Waals surface area contributed by atoms with Crippen LogP contribution in [0.15, 0.2) is 0 Å². The first-order chi connectivity index (χ1) is 9.82. The first-order valence-electron chi connectivity index (χ1n) is 7.26. The van der Waals surface area contributed by atoms with Crippen molar-refractivity contribution in [3.63, 3.8) is 0 Å². The third-order valence-electron chi connectivity index (χ3n) is 4.16. The van der Waals surface area contributed by atoms with E-state index in [4.69, 9.17) is 11.5 Å². The number of hydrogen-bond acceptors (Lipinski definition) is 4. The van der Waals surface area contributed by atoms with Gasteiger partial charge in [0.2, 0.25) is 5.91 Å². The Morgan fingerprint density at radius 3 is 2.57 bits per heavy atom. The Labute approximate surface area is 124 Å². The number of hydrogen-bond donors (Lipinski definition) is 3. The molecule has 1 aliphatic heterocycles. The fourth-order valence-corrected chi connectivity index (χ4v) is 2.73. The highest BCUT2D eigenvalue weighted by molar-refractivity contribution is 5.98. The molecular formula is C14H23N5O2. The van der Waals surface area contributed by atoms with Crippen LogP contribution in [0.1, 0.15) is 55.7 Å². The van der Waals surface area contributed by atoms with Crippen LogP contribution >= 0.6 is 0 Å². The Morgan fingerprint density at radius 2 is 2.05 bits per heavy atom. The summed E-state index contributed by atoms with van der Waals surface area (Å²) >= 11 is 0. The molecule has 116 valence electrons. The van der Waals surface area contributed by atoms with Crippen molar-refractivity contribution in [2.45, 2.75) is 45.6 Å². The highest BCUT2D eigenvalue weighted by atomic mass is 16.2. The number of piperidine rings is 1. The van der Waals surface area contributed by atoms with Crippen LogP contribution in [-0.2, 0) is 4.79 Å². The number of nitrogen functional groups attached to an aromatic ring is 1. The van der Waals surface area contributed by atoms with Crippen LogP contribution in [-0.4, -0.2) is 39.5 Å². The van der Waals surface area contributed by atoms with E-state index in [1.54, 1.807) is 4.90 Å². The first kappa shape index (κ1) is 15.3. The van der Waals surface area contributed by atoms with Crippen LogP contribution in [0.25, 0.3) is 0 Å². The number of rotatable bonds is 3. The molecule has 7 heteroatoms. The molecule has 0 radical (unpaired) electrons. The van der Waals surface area contributed by atoms with Crippen LogP contribution in [0, 0.1) is 5.92 Å². The molecule has 2 heterocycles. The zero-order valence-corrected chi connectivity index (χ0v) is 12.7. The fraction of sp³-hybridized carbons (Fsp3) is 0.643. The van der Waals surface area contributed by atoms with Crippen LogP contribution < -0.4 is 11.5 Å². The van der Waals surface area contributed by atoms with Crippen molar-refractivity contribution < 1.29 is 9.59 Å². The summed E-state index contributed by atoms with van der Waals surface area (Å²) in [5.74, 6) is -0.738. The van der Waals surface area contributed by atoms with Crippen molar-refractivity contribution in [1.82, 2.24) is 15.1 Å². The lowest BCUT2D eigenvalue weighted by molar-refractivity contribution is -0.123. The van der Waals surface area contributed by atoms with Crippen LogP contribution in [0.4, 0.5) is 5.69 Å². The number of nitrogens with zero attached hydrogens (tertiary/aromatic N) is 2. The van der Waals surface area contributed by atoms with Gasteiger partial charge in [0.15, 0.2) is 5.69 Å². The molecule has 21 heavy (non-hydrogen) atoms. The number of aromatic nitrogens is 2. The van der Waals surface area contributed by atoms with Gasteiger partial charge >= 0.3 is 0 Å². The summed E-state index contributed by atoms with van der Waals surface area (Å²) in [5, 5.41) is 6.89. The molecule has 1 saturated heterocycles. The van der Waals surface area contributed by atoms with Crippen molar-refractivity contribution >= 4 is 17.5 Å². The Balaban J connectivity index is 2.24. The highest BCUT2D eigenvalue weighted by Crippen LogP contribution is 2.27. The summed E-state index contributed by atoms with van der Waals surface area (Å²) in [5.41, 5.74) is 12.8. The van der Waals surface area contributed by atoms with Crippen molar-refractivity contribution in [2.75, 3.05) is 12.3 Å². The third-order valence-corrected chi connectivity index (χ3v) is 4.16. The summed E-state index contributed by atoms with van der Waals surface area (Å²) in [6.45, 7) is 6.25. The Morgan fingerprint density at radius 1 is 1.38 bits per heavy atom. The monoisotopic (exact) mass is 293 g/mol. The van der Waals surface area contributed by atoms with Gasteiger partial charge in [-0.2, -0.15) is 5.10 Å². The van der Waals surface area contributed by atoms with E-state index in [1.807, 2.05) is 20.8 Å². The smallest absolute Gasteiger partial charge is 0.276 e. The maximum absolute atomic E-state index is 12.6. The van der Waals surface area contributed by atoms with Gasteiger partial charge in [-0.05, 0) is 25.7 Å². The molecule has 1 aromatic rings. The molecule has 2 unspecified atom stereocenters. The van der Waals surface area contributed by atoms with Crippen molar-refractivity contribution in [2.24, 2.45) is 11.7 Å². The second-order valence-electron chi connectivity index (χ2n) is 6.04. The van der Waals surface area contributed by atoms with Gasteiger partial charge in [-0.25, -0.2) is 0 Å². The molecule has 0 bridgehead atoms. The molecular weight excluding hydrogens is 270 g/mol. The lowest BCUT2D eigenvalue weighted by Crippen LogP contribution is -2.48. The highest BCUT2D eigenvalue weighted by Gasteiger charge is 2.34. The predicted octanol–water partition coefficient (Wildman–Crippen LogP) is 0.841.